The SMILES string of the molecule is O=S1c2cc(O)ccc2[S+](c2ccccc2)c2ccc(O)cc21. The summed E-state index contributed by atoms with van der Waals surface area (Å²) in [4.78, 5) is 4.23. The van der Waals surface area contributed by atoms with Crippen LogP contribution in [-0.2, 0) is 21.7 Å². The molecule has 4 rings (SSSR count). The third-order valence-corrected chi connectivity index (χ3v) is 7.74. The lowest BCUT2D eigenvalue weighted by molar-refractivity contribution is 0.472. The number of phenols is 2. The van der Waals surface area contributed by atoms with E-state index < -0.39 is 21.7 Å². The maximum atomic E-state index is 12.9. The third-order valence-electron chi connectivity index (χ3n) is 3.67. The summed E-state index contributed by atoms with van der Waals surface area (Å²) in [7, 11) is -1.83. The second-order valence-electron chi connectivity index (χ2n) is 5.15. The molecule has 0 aromatic heterocycles. The molecule has 0 unspecified atom stereocenters. The van der Waals surface area contributed by atoms with Gasteiger partial charge in [0.05, 0.1) is 10.8 Å². The van der Waals surface area contributed by atoms with Gasteiger partial charge in [-0.25, -0.2) is 4.21 Å². The predicted molar refractivity (Wildman–Crippen MR) is 89.5 cm³/mol. The Hall–Kier alpha value is -2.24. The van der Waals surface area contributed by atoms with Gasteiger partial charge in [-0.05, 0) is 36.4 Å². The molecule has 0 saturated carbocycles. The summed E-state index contributed by atoms with van der Waals surface area (Å²) in [5.41, 5.74) is 0. The molecule has 0 amide bonds. The standard InChI is InChI=1S/C18H12O3S2/c19-12-6-8-15-17(10-12)23(21)18-11-13(20)7-9-16(18)22(15)14-4-2-1-3-5-14/h1-11H,(H-,19,20)/p+1. The molecule has 3 aromatic rings. The van der Waals surface area contributed by atoms with Crippen LogP contribution in [0.3, 0.4) is 0 Å². The molecule has 0 aliphatic carbocycles. The van der Waals surface area contributed by atoms with Gasteiger partial charge in [-0.2, -0.15) is 0 Å². The van der Waals surface area contributed by atoms with E-state index in [-0.39, 0.29) is 11.5 Å². The van der Waals surface area contributed by atoms with Gasteiger partial charge in [0.15, 0.2) is 14.7 Å². The summed E-state index contributed by atoms with van der Waals surface area (Å²) in [6.07, 6.45) is 0. The van der Waals surface area contributed by atoms with Crippen molar-refractivity contribution in [3.63, 3.8) is 0 Å². The summed E-state index contributed by atoms with van der Waals surface area (Å²) < 4.78 is 12.9. The van der Waals surface area contributed by atoms with Gasteiger partial charge in [-0.1, -0.05) is 18.2 Å². The summed E-state index contributed by atoms with van der Waals surface area (Å²) in [6, 6.07) is 20.1. The van der Waals surface area contributed by atoms with E-state index in [1.54, 1.807) is 24.3 Å². The molecule has 3 nitrogen and oxygen atoms in total. The second-order valence-corrected chi connectivity index (χ2v) is 8.53. The Morgan fingerprint density at radius 2 is 1.26 bits per heavy atom. The zero-order valence-electron chi connectivity index (χ0n) is 12.0. The monoisotopic (exact) mass is 341 g/mol. The maximum absolute atomic E-state index is 12.9. The van der Waals surface area contributed by atoms with E-state index in [0.29, 0.717) is 9.79 Å². The number of hydrogen-bond donors (Lipinski definition) is 2. The number of fused-ring (bicyclic) bond motifs is 2. The first-order chi connectivity index (χ1) is 11.1. The van der Waals surface area contributed by atoms with Crippen molar-refractivity contribution in [1.29, 1.82) is 0 Å². The van der Waals surface area contributed by atoms with Crippen LogP contribution in [0, 0.1) is 0 Å². The molecule has 2 N–H and O–H groups in total. The lowest BCUT2D eigenvalue weighted by Gasteiger charge is -2.19. The summed E-state index contributed by atoms with van der Waals surface area (Å²) >= 11 is 0. The Balaban J connectivity index is 2.04. The molecule has 0 radical (unpaired) electrons. The first-order valence-electron chi connectivity index (χ1n) is 7.02. The highest BCUT2D eigenvalue weighted by Crippen LogP contribution is 2.44. The summed E-state index contributed by atoms with van der Waals surface area (Å²) in [5.74, 6) is 0.189. The molecule has 1 aliphatic heterocycles. The van der Waals surface area contributed by atoms with E-state index in [1.807, 2.05) is 42.5 Å². The molecule has 0 bridgehead atoms. The smallest absolute Gasteiger partial charge is 0.183 e. The molecule has 0 fully saturated rings. The minimum absolute atomic E-state index is 0.0947. The van der Waals surface area contributed by atoms with Crippen molar-refractivity contribution in [3.8, 4) is 11.5 Å². The van der Waals surface area contributed by atoms with Crippen LogP contribution >= 0.6 is 0 Å². The van der Waals surface area contributed by atoms with Crippen LogP contribution < -0.4 is 0 Å². The van der Waals surface area contributed by atoms with Crippen LogP contribution in [0.5, 0.6) is 11.5 Å². The van der Waals surface area contributed by atoms with Crippen molar-refractivity contribution >= 4 is 21.7 Å². The average Bonchev–Trinajstić information content (AvgIpc) is 2.57. The van der Waals surface area contributed by atoms with E-state index >= 15 is 0 Å². The Bertz CT molecular complexity index is 867. The topological polar surface area (TPSA) is 57.5 Å². The first-order valence-corrected chi connectivity index (χ1v) is 9.40. The zero-order chi connectivity index (χ0) is 16.0. The average molecular weight is 341 g/mol. The van der Waals surface area contributed by atoms with Gasteiger partial charge < -0.3 is 10.2 Å². The fourth-order valence-corrected chi connectivity index (χ4v) is 6.92. The summed E-state index contributed by atoms with van der Waals surface area (Å²) in [6.45, 7) is 0. The Morgan fingerprint density at radius 1 is 0.739 bits per heavy atom. The molecule has 5 heteroatoms. The van der Waals surface area contributed by atoms with Crippen molar-refractivity contribution in [2.24, 2.45) is 0 Å². The van der Waals surface area contributed by atoms with Gasteiger partial charge in [0.2, 0.25) is 0 Å². The normalized spacial score (nSPS) is 19.0. The number of rotatable bonds is 1. The van der Waals surface area contributed by atoms with Gasteiger partial charge in [-0.3, -0.25) is 0 Å². The lowest BCUT2D eigenvalue weighted by atomic mass is 10.3. The van der Waals surface area contributed by atoms with E-state index in [4.69, 9.17) is 0 Å². The van der Waals surface area contributed by atoms with Crippen LogP contribution in [0.4, 0.5) is 0 Å². The highest BCUT2D eigenvalue weighted by molar-refractivity contribution is 7.99. The molecule has 23 heavy (non-hydrogen) atoms. The quantitative estimate of drug-likeness (QED) is 0.519. The van der Waals surface area contributed by atoms with E-state index in [2.05, 4.69) is 0 Å². The molecule has 114 valence electrons. The largest absolute Gasteiger partial charge is 0.508 e. The van der Waals surface area contributed by atoms with Gasteiger partial charge in [0, 0.05) is 12.1 Å². The first kappa shape index (κ1) is 14.4. The lowest BCUT2D eigenvalue weighted by Crippen LogP contribution is -2.16. The number of phenolic OH excluding ortho intramolecular Hbond substituents is 2. The van der Waals surface area contributed by atoms with Crippen LogP contribution in [0.2, 0.25) is 0 Å². The zero-order valence-corrected chi connectivity index (χ0v) is 13.6. The van der Waals surface area contributed by atoms with Crippen molar-refractivity contribution < 1.29 is 14.4 Å². The van der Waals surface area contributed by atoms with Gasteiger partial charge in [-0.15, -0.1) is 0 Å². The molecule has 0 atom stereocenters. The third kappa shape index (κ3) is 2.33. The minimum atomic E-state index is -1.42. The maximum Gasteiger partial charge on any atom is 0.183 e. The van der Waals surface area contributed by atoms with Gasteiger partial charge in [0.1, 0.15) is 32.2 Å². The predicted octanol–water partition coefficient (Wildman–Crippen LogP) is 3.67. The van der Waals surface area contributed by atoms with E-state index in [9.17, 15) is 14.4 Å². The summed E-state index contributed by atoms with van der Waals surface area (Å²) in [5, 5.41) is 19.6. The van der Waals surface area contributed by atoms with Crippen LogP contribution in [0.15, 0.2) is 91.2 Å². The number of hydrogen-bond acceptors (Lipinski definition) is 3. The molecular formula is C18H13O3S2+. The molecule has 1 heterocycles. The van der Waals surface area contributed by atoms with Crippen molar-refractivity contribution in [1.82, 2.24) is 0 Å². The molecule has 0 spiro atoms. The van der Waals surface area contributed by atoms with Crippen LogP contribution in [0.1, 0.15) is 0 Å². The number of aromatic hydroxyl groups is 2. The van der Waals surface area contributed by atoms with Crippen molar-refractivity contribution in [3.05, 3.63) is 66.7 Å². The minimum Gasteiger partial charge on any atom is -0.508 e. The highest BCUT2D eigenvalue weighted by atomic mass is 32.2. The fourth-order valence-electron chi connectivity index (χ4n) is 2.67. The van der Waals surface area contributed by atoms with E-state index in [0.717, 1.165) is 14.7 Å². The molecule has 1 aliphatic rings. The van der Waals surface area contributed by atoms with Crippen molar-refractivity contribution in [2.75, 3.05) is 0 Å². The van der Waals surface area contributed by atoms with Crippen LogP contribution in [0.25, 0.3) is 0 Å². The Labute approximate surface area is 139 Å². The molecule has 0 saturated heterocycles. The van der Waals surface area contributed by atoms with Gasteiger partial charge >= 0.3 is 0 Å². The second kappa shape index (κ2) is 5.44. The van der Waals surface area contributed by atoms with Gasteiger partial charge in [0.25, 0.3) is 0 Å². The molecule has 3 aromatic carbocycles. The Morgan fingerprint density at radius 3 is 1.78 bits per heavy atom. The van der Waals surface area contributed by atoms with Crippen LogP contribution in [-0.4, -0.2) is 14.4 Å². The Kier molecular flexibility index (Phi) is 3.39. The number of benzene rings is 3. The van der Waals surface area contributed by atoms with Crippen molar-refractivity contribution in [2.45, 2.75) is 24.5 Å². The fraction of sp³-hybridized carbons (Fsp3) is 0. The van der Waals surface area contributed by atoms with E-state index in [1.165, 1.54) is 0 Å². The highest BCUT2D eigenvalue weighted by Gasteiger charge is 2.41. The molecular weight excluding hydrogens is 328 g/mol.